The molecule has 1 aliphatic rings. The lowest BCUT2D eigenvalue weighted by Gasteiger charge is -2.32. The zero-order valence-electron chi connectivity index (χ0n) is 13.2. The SMILES string of the molecule is [CH2]CCCCCCCCCCCN1CCN(C)CC1. The fourth-order valence-electron chi connectivity index (χ4n) is 2.82. The minimum absolute atomic E-state index is 1.12. The molecule has 0 N–H and O–H groups in total. The minimum Gasteiger partial charge on any atom is -0.304 e. The van der Waals surface area contributed by atoms with Crippen LogP contribution < -0.4 is 0 Å². The van der Waals surface area contributed by atoms with Crippen molar-refractivity contribution in [3.63, 3.8) is 0 Å². The highest BCUT2D eigenvalue weighted by molar-refractivity contribution is 4.68. The first kappa shape index (κ1) is 17.0. The third-order valence-electron chi connectivity index (χ3n) is 4.32. The van der Waals surface area contributed by atoms with Crippen LogP contribution in [0, 0.1) is 6.92 Å². The number of unbranched alkanes of at least 4 members (excludes halogenated alkanes) is 9. The Balaban J connectivity index is 1.76. The summed E-state index contributed by atoms with van der Waals surface area (Å²) in [4.78, 5) is 5.07. The monoisotopic (exact) mass is 267 g/mol. The summed E-state index contributed by atoms with van der Waals surface area (Å²) in [5.41, 5.74) is 0. The van der Waals surface area contributed by atoms with Gasteiger partial charge in [0.05, 0.1) is 0 Å². The van der Waals surface area contributed by atoms with E-state index in [1.54, 1.807) is 0 Å². The molecule has 0 aromatic carbocycles. The maximum atomic E-state index is 3.89. The van der Waals surface area contributed by atoms with E-state index in [9.17, 15) is 0 Å². The van der Waals surface area contributed by atoms with Gasteiger partial charge in [0.1, 0.15) is 0 Å². The summed E-state index contributed by atoms with van der Waals surface area (Å²) in [6, 6.07) is 0. The number of piperazine rings is 1. The Hall–Kier alpha value is -0.0800. The molecule has 19 heavy (non-hydrogen) atoms. The third kappa shape index (κ3) is 9.45. The number of hydrogen-bond donors (Lipinski definition) is 0. The molecule has 0 aromatic heterocycles. The van der Waals surface area contributed by atoms with Crippen molar-refractivity contribution < 1.29 is 0 Å². The molecule has 0 unspecified atom stereocenters. The van der Waals surface area contributed by atoms with Crippen LogP contribution in [0.25, 0.3) is 0 Å². The van der Waals surface area contributed by atoms with Gasteiger partial charge in [0.15, 0.2) is 0 Å². The zero-order valence-corrected chi connectivity index (χ0v) is 13.2. The fraction of sp³-hybridized carbons (Fsp3) is 0.941. The summed E-state index contributed by atoms with van der Waals surface area (Å²) in [6.07, 6.45) is 13.9. The molecule has 1 saturated heterocycles. The molecule has 0 spiro atoms. The van der Waals surface area contributed by atoms with E-state index < -0.39 is 0 Å². The second kappa shape index (κ2) is 11.7. The van der Waals surface area contributed by atoms with Crippen LogP contribution in [0.1, 0.15) is 64.2 Å². The Morgan fingerprint density at radius 3 is 1.68 bits per heavy atom. The summed E-state index contributed by atoms with van der Waals surface area (Å²) < 4.78 is 0. The highest BCUT2D eigenvalue weighted by atomic mass is 15.2. The van der Waals surface area contributed by atoms with Gasteiger partial charge in [0.2, 0.25) is 0 Å². The van der Waals surface area contributed by atoms with E-state index in [4.69, 9.17) is 0 Å². The van der Waals surface area contributed by atoms with E-state index in [0.29, 0.717) is 0 Å². The Morgan fingerprint density at radius 2 is 1.16 bits per heavy atom. The van der Waals surface area contributed by atoms with Crippen molar-refractivity contribution in [2.45, 2.75) is 64.2 Å². The standard InChI is InChI=1S/C17H35N2/c1-3-4-5-6-7-8-9-10-11-12-13-19-16-14-18(2)15-17-19/h1,3-17H2,2H3. The van der Waals surface area contributed by atoms with Crippen molar-refractivity contribution in [2.24, 2.45) is 0 Å². The molecule has 1 heterocycles. The van der Waals surface area contributed by atoms with E-state index in [2.05, 4.69) is 23.8 Å². The molecule has 113 valence electrons. The summed E-state index contributed by atoms with van der Waals surface area (Å²) in [5, 5.41) is 0. The van der Waals surface area contributed by atoms with Crippen molar-refractivity contribution in [1.29, 1.82) is 0 Å². The van der Waals surface area contributed by atoms with Crippen molar-refractivity contribution in [3.8, 4) is 0 Å². The van der Waals surface area contributed by atoms with Crippen LogP contribution in [0.2, 0.25) is 0 Å². The van der Waals surface area contributed by atoms with Gasteiger partial charge in [-0.2, -0.15) is 0 Å². The highest BCUT2D eigenvalue weighted by Gasteiger charge is 2.12. The lowest BCUT2D eigenvalue weighted by atomic mass is 10.1. The van der Waals surface area contributed by atoms with Gasteiger partial charge < -0.3 is 9.80 Å². The summed E-state index contributed by atoms with van der Waals surface area (Å²) in [7, 11) is 2.23. The Morgan fingerprint density at radius 1 is 0.684 bits per heavy atom. The van der Waals surface area contributed by atoms with Crippen LogP contribution in [-0.2, 0) is 0 Å². The Labute approximate surface area is 121 Å². The zero-order chi connectivity index (χ0) is 13.8. The Kier molecular flexibility index (Phi) is 10.5. The normalized spacial score (nSPS) is 18.0. The molecule has 1 aliphatic heterocycles. The van der Waals surface area contributed by atoms with Gasteiger partial charge >= 0.3 is 0 Å². The lowest BCUT2D eigenvalue weighted by Crippen LogP contribution is -2.44. The van der Waals surface area contributed by atoms with E-state index in [-0.39, 0.29) is 0 Å². The first-order chi connectivity index (χ1) is 9.33. The number of hydrogen-bond acceptors (Lipinski definition) is 2. The topological polar surface area (TPSA) is 6.48 Å². The number of nitrogens with zero attached hydrogens (tertiary/aromatic N) is 2. The molecule has 0 atom stereocenters. The van der Waals surface area contributed by atoms with Crippen molar-refractivity contribution in [1.82, 2.24) is 9.80 Å². The van der Waals surface area contributed by atoms with E-state index in [1.807, 2.05) is 0 Å². The molecule has 1 rings (SSSR count). The highest BCUT2D eigenvalue weighted by Crippen LogP contribution is 2.11. The van der Waals surface area contributed by atoms with Crippen LogP contribution in [-0.4, -0.2) is 49.6 Å². The number of likely N-dealkylation sites (N-methyl/N-ethyl adjacent to an activating group) is 1. The predicted molar refractivity (Wildman–Crippen MR) is 85.5 cm³/mol. The summed E-state index contributed by atoms with van der Waals surface area (Å²) >= 11 is 0. The second-order valence-electron chi connectivity index (χ2n) is 6.18. The van der Waals surface area contributed by atoms with Gasteiger partial charge in [-0.25, -0.2) is 0 Å². The van der Waals surface area contributed by atoms with Gasteiger partial charge in [-0.3, -0.25) is 0 Å². The van der Waals surface area contributed by atoms with Crippen molar-refractivity contribution >= 4 is 0 Å². The van der Waals surface area contributed by atoms with E-state index >= 15 is 0 Å². The average Bonchev–Trinajstić information content (AvgIpc) is 2.43. The van der Waals surface area contributed by atoms with Gasteiger partial charge in [0.25, 0.3) is 0 Å². The molecule has 0 amide bonds. The molecule has 0 aliphatic carbocycles. The first-order valence-electron chi connectivity index (χ1n) is 8.53. The molecule has 0 bridgehead atoms. The largest absolute Gasteiger partial charge is 0.304 e. The third-order valence-corrected chi connectivity index (χ3v) is 4.32. The van der Waals surface area contributed by atoms with Crippen LogP contribution in [0.15, 0.2) is 0 Å². The van der Waals surface area contributed by atoms with Crippen LogP contribution in [0.5, 0.6) is 0 Å². The first-order valence-corrected chi connectivity index (χ1v) is 8.53. The predicted octanol–water partition coefficient (Wildman–Crippen LogP) is 3.97. The maximum Gasteiger partial charge on any atom is 0.0110 e. The summed E-state index contributed by atoms with van der Waals surface area (Å²) in [6.45, 7) is 10.3. The average molecular weight is 267 g/mol. The van der Waals surface area contributed by atoms with Gasteiger partial charge in [-0.15, -0.1) is 0 Å². The second-order valence-corrected chi connectivity index (χ2v) is 6.18. The molecule has 1 fully saturated rings. The maximum absolute atomic E-state index is 3.89. The lowest BCUT2D eigenvalue weighted by molar-refractivity contribution is 0.152. The molecule has 1 radical (unpaired) electrons. The molecular weight excluding hydrogens is 232 g/mol. The van der Waals surface area contributed by atoms with Gasteiger partial charge in [-0.05, 0) is 20.0 Å². The van der Waals surface area contributed by atoms with Crippen molar-refractivity contribution in [3.05, 3.63) is 6.92 Å². The minimum atomic E-state index is 1.12. The molecule has 2 heteroatoms. The molecule has 0 aromatic rings. The fourth-order valence-corrected chi connectivity index (χ4v) is 2.82. The smallest absolute Gasteiger partial charge is 0.0110 e. The quantitative estimate of drug-likeness (QED) is 0.523. The van der Waals surface area contributed by atoms with E-state index in [1.165, 1.54) is 90.5 Å². The van der Waals surface area contributed by atoms with E-state index in [0.717, 1.165) is 6.42 Å². The van der Waals surface area contributed by atoms with Gasteiger partial charge in [-0.1, -0.05) is 64.7 Å². The number of rotatable bonds is 11. The summed E-state index contributed by atoms with van der Waals surface area (Å²) in [5.74, 6) is 0. The molecule has 2 nitrogen and oxygen atoms in total. The van der Waals surface area contributed by atoms with Crippen LogP contribution in [0.3, 0.4) is 0 Å². The Bertz CT molecular complexity index is 186. The van der Waals surface area contributed by atoms with Crippen molar-refractivity contribution in [2.75, 3.05) is 39.8 Å². The van der Waals surface area contributed by atoms with Gasteiger partial charge in [0, 0.05) is 26.2 Å². The van der Waals surface area contributed by atoms with Crippen LogP contribution >= 0.6 is 0 Å². The van der Waals surface area contributed by atoms with Crippen LogP contribution in [0.4, 0.5) is 0 Å². The molecular formula is C17H35N2. The molecule has 0 saturated carbocycles.